The number of ether oxygens (including phenoxy) is 6. The van der Waals surface area contributed by atoms with Crippen molar-refractivity contribution in [1.29, 1.82) is 0 Å². The summed E-state index contributed by atoms with van der Waals surface area (Å²) in [5, 5.41) is 17.2. The van der Waals surface area contributed by atoms with Gasteiger partial charge in [-0.3, -0.25) is 0 Å². The standard InChI is InChI=1S/C22H40N2O8/c23-21-1-3-22(4-2-21)24(5-9-27-13-17-31-19-15-29-11-7-25)6-10-28-14-18-32-20-16-30-12-8-26/h1-4,25-26H,5-20,23H2. The van der Waals surface area contributed by atoms with Gasteiger partial charge in [0.15, 0.2) is 0 Å². The van der Waals surface area contributed by atoms with Crippen LogP contribution in [0.15, 0.2) is 24.3 Å². The van der Waals surface area contributed by atoms with E-state index in [0.29, 0.717) is 92.4 Å². The Bertz CT molecular complexity index is 497. The van der Waals surface area contributed by atoms with E-state index in [1.807, 2.05) is 24.3 Å². The molecule has 0 amide bonds. The Balaban J connectivity index is 2.16. The summed E-state index contributed by atoms with van der Waals surface area (Å²) < 4.78 is 32.4. The SMILES string of the molecule is Nc1ccc(N(CCOCCOCCOCCO)CCOCCOCCOCCO)cc1. The average molecular weight is 461 g/mol. The fraction of sp³-hybridized carbons (Fsp3) is 0.727. The summed E-state index contributed by atoms with van der Waals surface area (Å²) in [5.74, 6) is 0. The number of hydrogen-bond acceptors (Lipinski definition) is 10. The first kappa shape index (κ1) is 28.5. The third kappa shape index (κ3) is 16.2. The minimum atomic E-state index is 0.0218. The Kier molecular flexibility index (Phi) is 19.0. The molecule has 0 aromatic heterocycles. The van der Waals surface area contributed by atoms with Gasteiger partial charge in [-0.05, 0) is 24.3 Å². The first-order valence-electron chi connectivity index (χ1n) is 11.1. The van der Waals surface area contributed by atoms with Gasteiger partial charge in [-0.15, -0.1) is 0 Å². The van der Waals surface area contributed by atoms with E-state index in [2.05, 4.69) is 4.90 Å². The van der Waals surface area contributed by atoms with Gasteiger partial charge in [0.25, 0.3) is 0 Å². The molecule has 0 aliphatic heterocycles. The van der Waals surface area contributed by atoms with Crippen LogP contribution < -0.4 is 10.6 Å². The molecule has 32 heavy (non-hydrogen) atoms. The van der Waals surface area contributed by atoms with Crippen molar-refractivity contribution in [3.05, 3.63) is 24.3 Å². The van der Waals surface area contributed by atoms with Crippen molar-refractivity contribution >= 4 is 11.4 Å². The maximum absolute atomic E-state index is 8.62. The Morgan fingerprint density at radius 3 is 1.25 bits per heavy atom. The fourth-order valence-corrected chi connectivity index (χ4v) is 2.62. The van der Waals surface area contributed by atoms with Gasteiger partial charge in [-0.2, -0.15) is 0 Å². The summed E-state index contributed by atoms with van der Waals surface area (Å²) in [4.78, 5) is 2.19. The summed E-state index contributed by atoms with van der Waals surface area (Å²) in [5.41, 5.74) is 7.58. The number of nitrogens with two attached hydrogens (primary N) is 1. The van der Waals surface area contributed by atoms with E-state index < -0.39 is 0 Å². The lowest BCUT2D eigenvalue weighted by molar-refractivity contribution is 0.00694. The maximum Gasteiger partial charge on any atom is 0.0701 e. The summed E-state index contributed by atoms with van der Waals surface area (Å²) >= 11 is 0. The van der Waals surface area contributed by atoms with Crippen LogP contribution in [0.5, 0.6) is 0 Å². The molecule has 1 rings (SSSR count). The number of nitrogen functional groups attached to an aromatic ring is 1. The lowest BCUT2D eigenvalue weighted by Crippen LogP contribution is -2.31. The predicted octanol–water partition coefficient (Wildman–Crippen LogP) is 0.159. The zero-order valence-corrected chi connectivity index (χ0v) is 19.0. The van der Waals surface area contributed by atoms with Crippen LogP contribution >= 0.6 is 0 Å². The number of benzene rings is 1. The molecule has 10 nitrogen and oxygen atoms in total. The van der Waals surface area contributed by atoms with Gasteiger partial charge in [0.1, 0.15) is 0 Å². The van der Waals surface area contributed by atoms with Crippen molar-refractivity contribution in [2.45, 2.75) is 0 Å². The summed E-state index contributed by atoms with van der Waals surface area (Å²) in [6, 6.07) is 7.73. The maximum atomic E-state index is 8.62. The van der Waals surface area contributed by atoms with Crippen LogP contribution in [0, 0.1) is 0 Å². The van der Waals surface area contributed by atoms with Gasteiger partial charge in [0.05, 0.1) is 92.5 Å². The second kappa shape index (κ2) is 21.4. The van der Waals surface area contributed by atoms with Crippen molar-refractivity contribution in [2.75, 3.05) is 116 Å². The molecule has 0 atom stereocenters. The molecule has 1 aromatic carbocycles. The number of hydrogen-bond donors (Lipinski definition) is 3. The van der Waals surface area contributed by atoms with E-state index in [1.54, 1.807) is 0 Å². The highest BCUT2D eigenvalue weighted by atomic mass is 16.6. The highest BCUT2D eigenvalue weighted by molar-refractivity contribution is 5.53. The molecule has 186 valence electrons. The summed E-state index contributed by atoms with van der Waals surface area (Å²) in [6.07, 6.45) is 0. The van der Waals surface area contributed by atoms with E-state index in [-0.39, 0.29) is 13.2 Å². The largest absolute Gasteiger partial charge is 0.399 e. The van der Waals surface area contributed by atoms with Gasteiger partial charge < -0.3 is 49.3 Å². The lowest BCUT2D eigenvalue weighted by atomic mass is 10.2. The molecular weight excluding hydrogens is 420 g/mol. The minimum absolute atomic E-state index is 0.0218. The first-order chi connectivity index (χ1) is 15.8. The molecule has 0 unspecified atom stereocenters. The van der Waals surface area contributed by atoms with Gasteiger partial charge in [-0.1, -0.05) is 0 Å². The molecule has 0 saturated heterocycles. The third-order valence-electron chi connectivity index (χ3n) is 4.23. The zero-order valence-electron chi connectivity index (χ0n) is 19.0. The van der Waals surface area contributed by atoms with Crippen LogP contribution in [0.1, 0.15) is 0 Å². The van der Waals surface area contributed by atoms with Gasteiger partial charge in [0, 0.05) is 24.5 Å². The molecule has 0 bridgehead atoms. The number of nitrogens with zero attached hydrogens (tertiary/aromatic N) is 1. The van der Waals surface area contributed by atoms with E-state index in [0.717, 1.165) is 11.4 Å². The fourth-order valence-electron chi connectivity index (χ4n) is 2.62. The Morgan fingerprint density at radius 1 is 0.531 bits per heavy atom. The van der Waals surface area contributed by atoms with Crippen molar-refractivity contribution < 1.29 is 38.6 Å². The van der Waals surface area contributed by atoms with Crippen LogP contribution in [-0.4, -0.2) is 116 Å². The van der Waals surface area contributed by atoms with Crippen LogP contribution in [0.3, 0.4) is 0 Å². The topological polar surface area (TPSA) is 125 Å². The van der Waals surface area contributed by atoms with Crippen molar-refractivity contribution in [3.63, 3.8) is 0 Å². The average Bonchev–Trinajstić information content (AvgIpc) is 2.80. The van der Waals surface area contributed by atoms with Crippen molar-refractivity contribution in [3.8, 4) is 0 Å². The van der Waals surface area contributed by atoms with Crippen LogP contribution in [0.25, 0.3) is 0 Å². The Morgan fingerprint density at radius 2 is 0.875 bits per heavy atom. The van der Waals surface area contributed by atoms with E-state index >= 15 is 0 Å². The molecule has 0 fully saturated rings. The summed E-state index contributed by atoms with van der Waals surface area (Å²) in [6.45, 7) is 7.16. The number of aliphatic hydroxyl groups excluding tert-OH is 2. The van der Waals surface area contributed by atoms with Crippen molar-refractivity contribution in [2.24, 2.45) is 0 Å². The second-order valence-corrected chi connectivity index (χ2v) is 6.70. The smallest absolute Gasteiger partial charge is 0.0701 e. The number of aliphatic hydroxyl groups is 2. The highest BCUT2D eigenvalue weighted by Crippen LogP contribution is 2.16. The Hall–Kier alpha value is -1.50. The minimum Gasteiger partial charge on any atom is -0.399 e. The predicted molar refractivity (Wildman–Crippen MR) is 122 cm³/mol. The number of anilines is 2. The monoisotopic (exact) mass is 460 g/mol. The number of rotatable bonds is 23. The van der Waals surface area contributed by atoms with Gasteiger partial charge >= 0.3 is 0 Å². The highest BCUT2D eigenvalue weighted by Gasteiger charge is 2.07. The quantitative estimate of drug-likeness (QED) is 0.154. The molecule has 0 spiro atoms. The van der Waals surface area contributed by atoms with Crippen LogP contribution in [-0.2, 0) is 28.4 Å². The lowest BCUT2D eigenvalue weighted by Gasteiger charge is -2.25. The van der Waals surface area contributed by atoms with Crippen LogP contribution in [0.4, 0.5) is 11.4 Å². The van der Waals surface area contributed by atoms with Gasteiger partial charge in [-0.25, -0.2) is 0 Å². The first-order valence-corrected chi connectivity index (χ1v) is 11.1. The molecular formula is C22H40N2O8. The van der Waals surface area contributed by atoms with Gasteiger partial charge in [0.2, 0.25) is 0 Å². The zero-order chi connectivity index (χ0) is 23.1. The molecule has 10 heteroatoms. The van der Waals surface area contributed by atoms with Crippen LogP contribution in [0.2, 0.25) is 0 Å². The molecule has 0 saturated carbocycles. The molecule has 0 radical (unpaired) electrons. The molecule has 0 aliphatic rings. The molecule has 0 aliphatic carbocycles. The normalized spacial score (nSPS) is 11.2. The molecule has 1 aromatic rings. The van der Waals surface area contributed by atoms with E-state index in [9.17, 15) is 0 Å². The van der Waals surface area contributed by atoms with E-state index in [4.69, 9.17) is 44.4 Å². The van der Waals surface area contributed by atoms with E-state index in [1.165, 1.54) is 0 Å². The van der Waals surface area contributed by atoms with Crippen molar-refractivity contribution in [1.82, 2.24) is 0 Å². The summed E-state index contributed by atoms with van der Waals surface area (Å²) in [7, 11) is 0. The second-order valence-electron chi connectivity index (χ2n) is 6.70. The Labute approximate surface area is 191 Å². The molecule has 4 N–H and O–H groups in total. The third-order valence-corrected chi connectivity index (χ3v) is 4.23. The molecule has 0 heterocycles.